The third-order valence-electron chi connectivity index (χ3n) is 1.60. The van der Waals surface area contributed by atoms with Gasteiger partial charge in [0.2, 0.25) is 0 Å². The first kappa shape index (κ1) is 21.1. The first-order valence-corrected chi connectivity index (χ1v) is 7.43. The summed E-state index contributed by atoms with van der Waals surface area (Å²) in [4.78, 5) is 20.9. The lowest BCUT2D eigenvalue weighted by atomic mass is 10.2. The van der Waals surface area contributed by atoms with E-state index in [0.29, 0.717) is 6.42 Å². The van der Waals surface area contributed by atoms with Crippen molar-refractivity contribution in [1.29, 1.82) is 0 Å². The quantitative estimate of drug-likeness (QED) is 0.494. The van der Waals surface area contributed by atoms with E-state index >= 15 is 0 Å². The molecule has 0 saturated carbocycles. The topological polar surface area (TPSA) is 52.6 Å². The van der Waals surface area contributed by atoms with Crippen molar-refractivity contribution in [1.82, 2.24) is 0 Å². The molecular formula is C11H18Br2F2O4. The molecule has 0 aliphatic carbocycles. The van der Waals surface area contributed by atoms with E-state index in [9.17, 15) is 18.4 Å². The van der Waals surface area contributed by atoms with E-state index in [1.165, 1.54) is 0 Å². The molecule has 0 aromatic heterocycles. The van der Waals surface area contributed by atoms with Crippen LogP contribution in [0.4, 0.5) is 8.78 Å². The molecule has 19 heavy (non-hydrogen) atoms. The number of rotatable bonds is 6. The minimum Gasteiger partial charge on any atom is -0.463 e. The number of halogens is 4. The molecule has 0 aliphatic rings. The fourth-order valence-electron chi connectivity index (χ4n) is 0.858. The summed E-state index contributed by atoms with van der Waals surface area (Å²) >= 11 is 5.07. The highest BCUT2D eigenvalue weighted by Crippen LogP contribution is 2.27. The molecule has 0 rings (SSSR count). The molecule has 0 amide bonds. The summed E-state index contributed by atoms with van der Waals surface area (Å²) in [6.45, 7) is 5.49. The highest BCUT2D eigenvalue weighted by Gasteiger charge is 2.35. The van der Waals surface area contributed by atoms with Gasteiger partial charge in [-0.05, 0) is 45.7 Å². The standard InChI is InChI=1S/C7H12BrFO2.C4H6BrFO2/c1-3-5-7(8,9)6(10)11-4-2;1-2-8-4(7)3(5)6/h3-5H2,1-2H3;3H,2H2,1H3. The van der Waals surface area contributed by atoms with Crippen molar-refractivity contribution in [2.75, 3.05) is 13.2 Å². The number of ether oxygens (including phenoxy) is 2. The van der Waals surface area contributed by atoms with Crippen molar-refractivity contribution in [3.8, 4) is 0 Å². The van der Waals surface area contributed by atoms with Crippen LogP contribution in [0.5, 0.6) is 0 Å². The first-order valence-electron chi connectivity index (χ1n) is 5.72. The van der Waals surface area contributed by atoms with Gasteiger partial charge in [0.05, 0.1) is 13.2 Å². The molecule has 0 fully saturated rings. The van der Waals surface area contributed by atoms with Gasteiger partial charge in [-0.3, -0.25) is 0 Å². The molecule has 0 N–H and O–H groups in total. The second-order valence-electron chi connectivity index (χ2n) is 3.23. The van der Waals surface area contributed by atoms with Gasteiger partial charge >= 0.3 is 11.9 Å². The van der Waals surface area contributed by atoms with Crippen LogP contribution in [0.2, 0.25) is 0 Å². The maximum absolute atomic E-state index is 13.1. The van der Waals surface area contributed by atoms with Crippen molar-refractivity contribution in [2.24, 2.45) is 0 Å². The molecule has 2 unspecified atom stereocenters. The van der Waals surface area contributed by atoms with E-state index in [1.807, 2.05) is 0 Å². The summed E-state index contributed by atoms with van der Waals surface area (Å²) in [5, 5.41) is -1.68. The Labute approximate surface area is 128 Å². The van der Waals surface area contributed by atoms with Gasteiger partial charge in [-0.15, -0.1) is 0 Å². The normalized spacial score (nSPS) is 14.5. The molecule has 0 radical (unpaired) electrons. The number of hydrogen-bond donors (Lipinski definition) is 0. The Morgan fingerprint density at radius 1 is 1.21 bits per heavy atom. The molecule has 0 aliphatic heterocycles. The Bertz CT molecular complexity index is 273. The molecule has 0 saturated heterocycles. The summed E-state index contributed by atoms with van der Waals surface area (Å²) in [6, 6.07) is 0. The Morgan fingerprint density at radius 3 is 1.95 bits per heavy atom. The van der Waals surface area contributed by atoms with E-state index in [-0.39, 0.29) is 19.6 Å². The van der Waals surface area contributed by atoms with Crippen LogP contribution in [0.1, 0.15) is 33.6 Å². The third kappa shape index (κ3) is 11.3. The fourth-order valence-corrected chi connectivity index (χ4v) is 1.50. The van der Waals surface area contributed by atoms with E-state index in [4.69, 9.17) is 0 Å². The molecule has 0 aromatic carbocycles. The molecule has 8 heteroatoms. The number of alkyl halides is 4. The monoisotopic (exact) mass is 410 g/mol. The Hall–Kier alpha value is -0.240. The molecule has 114 valence electrons. The predicted molar refractivity (Wildman–Crippen MR) is 74.8 cm³/mol. The van der Waals surface area contributed by atoms with Crippen LogP contribution in [0.15, 0.2) is 0 Å². The molecular weight excluding hydrogens is 394 g/mol. The van der Waals surface area contributed by atoms with Crippen LogP contribution in [0, 0.1) is 0 Å². The van der Waals surface area contributed by atoms with E-state index in [2.05, 4.69) is 41.3 Å². The molecule has 4 nitrogen and oxygen atoms in total. The maximum Gasteiger partial charge on any atom is 0.355 e. The summed E-state index contributed by atoms with van der Waals surface area (Å²) in [5.41, 5.74) is 0. The first-order chi connectivity index (χ1) is 8.72. The second-order valence-corrected chi connectivity index (χ2v) is 5.29. The summed E-state index contributed by atoms with van der Waals surface area (Å²) in [7, 11) is 0. The van der Waals surface area contributed by atoms with Gasteiger partial charge in [-0.1, -0.05) is 13.3 Å². The molecule has 0 bridgehead atoms. The highest BCUT2D eigenvalue weighted by molar-refractivity contribution is 9.10. The van der Waals surface area contributed by atoms with Gasteiger partial charge in [0.15, 0.2) is 0 Å². The lowest BCUT2D eigenvalue weighted by Gasteiger charge is -2.14. The zero-order chi connectivity index (χ0) is 15.5. The van der Waals surface area contributed by atoms with Crippen molar-refractivity contribution in [2.45, 2.75) is 43.3 Å². The summed E-state index contributed by atoms with van der Waals surface area (Å²) in [6.07, 6.45) is 0.742. The van der Waals surface area contributed by atoms with Crippen LogP contribution in [-0.4, -0.2) is 34.8 Å². The van der Waals surface area contributed by atoms with Crippen molar-refractivity contribution in [3.63, 3.8) is 0 Å². The predicted octanol–water partition coefficient (Wildman–Crippen LogP) is 3.65. The van der Waals surface area contributed by atoms with E-state index < -0.39 is 21.6 Å². The van der Waals surface area contributed by atoms with Gasteiger partial charge in [0.1, 0.15) is 0 Å². The Kier molecular flexibility index (Phi) is 12.8. The number of esters is 2. The number of hydrogen-bond acceptors (Lipinski definition) is 4. The maximum atomic E-state index is 13.1. The minimum absolute atomic E-state index is 0.145. The summed E-state index contributed by atoms with van der Waals surface area (Å²) in [5.74, 6) is -1.70. The van der Waals surface area contributed by atoms with E-state index in [0.717, 1.165) is 0 Å². The van der Waals surface area contributed by atoms with Crippen molar-refractivity contribution in [3.05, 3.63) is 0 Å². The van der Waals surface area contributed by atoms with Gasteiger partial charge in [0, 0.05) is 6.42 Å². The SMILES string of the molecule is CCCC(F)(Br)C(=O)OCC.CCOC(=O)C(F)Br. The smallest absolute Gasteiger partial charge is 0.355 e. The molecule has 0 spiro atoms. The van der Waals surface area contributed by atoms with Gasteiger partial charge < -0.3 is 9.47 Å². The highest BCUT2D eigenvalue weighted by atomic mass is 79.9. The van der Waals surface area contributed by atoms with E-state index in [1.54, 1.807) is 20.8 Å². The van der Waals surface area contributed by atoms with Crippen LogP contribution in [0.3, 0.4) is 0 Å². The van der Waals surface area contributed by atoms with Gasteiger partial charge in [-0.2, -0.15) is 0 Å². The zero-order valence-electron chi connectivity index (χ0n) is 11.1. The molecule has 2 atom stereocenters. The second kappa shape index (κ2) is 11.6. The van der Waals surface area contributed by atoms with Crippen molar-refractivity contribution >= 4 is 43.8 Å². The number of carbonyl (C=O) groups excluding carboxylic acids is 2. The average Bonchev–Trinajstić information content (AvgIpc) is 2.30. The summed E-state index contributed by atoms with van der Waals surface area (Å²) < 4.78 is 31.6. The lowest BCUT2D eigenvalue weighted by Crippen LogP contribution is -2.28. The van der Waals surface area contributed by atoms with Crippen LogP contribution in [0.25, 0.3) is 0 Å². The molecule has 0 heterocycles. The third-order valence-corrected chi connectivity index (χ3v) is 2.70. The minimum atomic E-state index is -1.99. The van der Waals surface area contributed by atoms with Crippen LogP contribution < -0.4 is 0 Å². The fraction of sp³-hybridized carbons (Fsp3) is 0.818. The van der Waals surface area contributed by atoms with Crippen molar-refractivity contribution < 1.29 is 27.8 Å². The van der Waals surface area contributed by atoms with Gasteiger partial charge in [-0.25, -0.2) is 18.4 Å². The van der Waals surface area contributed by atoms with Crippen LogP contribution >= 0.6 is 31.9 Å². The van der Waals surface area contributed by atoms with Crippen LogP contribution in [-0.2, 0) is 19.1 Å². The average molecular weight is 412 g/mol. The Balaban J connectivity index is 0. The lowest BCUT2D eigenvalue weighted by molar-refractivity contribution is -0.151. The number of carbonyl (C=O) groups is 2. The Morgan fingerprint density at radius 2 is 1.68 bits per heavy atom. The zero-order valence-corrected chi connectivity index (χ0v) is 14.2. The molecule has 0 aromatic rings. The largest absolute Gasteiger partial charge is 0.463 e. The van der Waals surface area contributed by atoms with Gasteiger partial charge in [0.25, 0.3) is 9.66 Å².